The Morgan fingerprint density at radius 3 is 2.33 bits per heavy atom. The summed E-state index contributed by atoms with van der Waals surface area (Å²) in [4.78, 5) is 2.97. The summed E-state index contributed by atoms with van der Waals surface area (Å²) in [6.07, 6.45) is 0.878. The standard InChI is InChI=1S/C6H13N3/c1-4-6(9-7)5(2)8-3/h4,7H2,1-3H3/p+1. The third-order valence-electron chi connectivity index (χ3n) is 1.30. The molecule has 0 heterocycles. The van der Waals surface area contributed by atoms with Crippen molar-refractivity contribution in [1.82, 2.24) is 0 Å². The maximum atomic E-state index is 5.09. The zero-order valence-corrected chi connectivity index (χ0v) is 6.23. The molecule has 0 bridgehead atoms. The van der Waals surface area contributed by atoms with Gasteiger partial charge in [0.2, 0.25) is 0 Å². The van der Waals surface area contributed by atoms with Gasteiger partial charge in [0.05, 0.1) is 0 Å². The van der Waals surface area contributed by atoms with Crippen LogP contribution < -0.4 is 10.8 Å². The molecule has 0 unspecified atom stereocenters. The minimum absolute atomic E-state index is 0.878. The van der Waals surface area contributed by atoms with Crippen LogP contribution in [0.1, 0.15) is 20.3 Å². The van der Waals surface area contributed by atoms with E-state index in [9.17, 15) is 0 Å². The normalized spacial score (nSPS) is 14.1. The lowest BCUT2D eigenvalue weighted by molar-refractivity contribution is -0.418. The molecule has 0 aromatic carbocycles. The molecule has 3 N–H and O–H groups in total. The predicted octanol–water partition coefficient (Wildman–Crippen LogP) is -1.12. The molecule has 0 aliphatic carbocycles. The Balaban J connectivity index is 4.14. The Morgan fingerprint density at radius 2 is 2.22 bits per heavy atom. The van der Waals surface area contributed by atoms with E-state index in [4.69, 9.17) is 5.84 Å². The second-order valence-electron chi connectivity index (χ2n) is 1.80. The van der Waals surface area contributed by atoms with Crippen molar-refractivity contribution in [3.05, 3.63) is 0 Å². The van der Waals surface area contributed by atoms with Gasteiger partial charge in [-0.15, -0.1) is 0 Å². The summed E-state index contributed by atoms with van der Waals surface area (Å²) in [5.41, 5.74) is 1.97. The van der Waals surface area contributed by atoms with E-state index in [1.807, 2.05) is 20.9 Å². The van der Waals surface area contributed by atoms with Gasteiger partial charge in [0.1, 0.15) is 12.8 Å². The molecule has 0 saturated heterocycles. The van der Waals surface area contributed by atoms with Gasteiger partial charge < -0.3 is 5.84 Å². The number of rotatable bonds is 2. The van der Waals surface area contributed by atoms with Crippen LogP contribution in [0.4, 0.5) is 0 Å². The lowest BCUT2D eigenvalue weighted by Gasteiger charge is -1.91. The van der Waals surface area contributed by atoms with E-state index in [1.165, 1.54) is 0 Å². The van der Waals surface area contributed by atoms with Crippen molar-refractivity contribution in [2.75, 3.05) is 7.05 Å². The Kier molecular flexibility index (Phi) is 3.67. The first kappa shape index (κ1) is 8.14. The first-order valence-electron chi connectivity index (χ1n) is 3.04. The molecule has 52 valence electrons. The van der Waals surface area contributed by atoms with Crippen molar-refractivity contribution in [3.8, 4) is 0 Å². The molecular formula is C6H14N3+. The zero-order chi connectivity index (χ0) is 7.28. The second-order valence-corrected chi connectivity index (χ2v) is 1.80. The van der Waals surface area contributed by atoms with Crippen LogP contribution in [-0.2, 0) is 0 Å². The Hall–Kier alpha value is -0.860. The largest absolute Gasteiger partial charge is 0.323 e. The fourth-order valence-electron chi connectivity index (χ4n) is 0.598. The summed E-state index contributed by atoms with van der Waals surface area (Å²) >= 11 is 0. The molecule has 0 atom stereocenters. The minimum atomic E-state index is 0.878. The van der Waals surface area contributed by atoms with Gasteiger partial charge in [-0.05, 0) is 6.42 Å². The highest BCUT2D eigenvalue weighted by molar-refractivity contribution is 6.38. The highest BCUT2D eigenvalue weighted by atomic mass is 15.1. The zero-order valence-electron chi connectivity index (χ0n) is 6.23. The van der Waals surface area contributed by atoms with E-state index in [1.54, 1.807) is 0 Å². The molecule has 0 aromatic rings. The quantitative estimate of drug-likeness (QED) is 0.276. The summed E-state index contributed by atoms with van der Waals surface area (Å²) in [6.45, 7) is 3.97. The highest BCUT2D eigenvalue weighted by Gasteiger charge is 2.02. The summed E-state index contributed by atoms with van der Waals surface area (Å²) in [5.74, 6) is 5.09. The molecule has 0 radical (unpaired) electrons. The molecule has 0 spiro atoms. The van der Waals surface area contributed by atoms with Crippen LogP contribution in [0.3, 0.4) is 0 Å². The topological polar surface area (TPSA) is 52.3 Å². The molecule has 3 nitrogen and oxygen atoms in total. The predicted molar refractivity (Wildman–Crippen MR) is 39.5 cm³/mol. The number of nitrogens with zero attached hydrogens (tertiary/aromatic N) is 1. The van der Waals surface area contributed by atoms with Gasteiger partial charge in [0.25, 0.3) is 0 Å². The van der Waals surface area contributed by atoms with Crippen molar-refractivity contribution in [1.29, 1.82) is 0 Å². The van der Waals surface area contributed by atoms with E-state index in [2.05, 4.69) is 10.1 Å². The Labute approximate surface area is 55.7 Å². The maximum absolute atomic E-state index is 5.09. The van der Waals surface area contributed by atoms with Crippen LogP contribution in [0, 0.1) is 0 Å². The van der Waals surface area contributed by atoms with E-state index < -0.39 is 0 Å². The van der Waals surface area contributed by atoms with Gasteiger partial charge in [-0.2, -0.15) is 5.10 Å². The van der Waals surface area contributed by atoms with Crippen LogP contribution in [0.25, 0.3) is 0 Å². The Morgan fingerprint density at radius 1 is 1.67 bits per heavy atom. The van der Waals surface area contributed by atoms with Crippen LogP contribution in [0.5, 0.6) is 0 Å². The summed E-state index contributed by atoms with van der Waals surface area (Å²) in [7, 11) is 1.86. The van der Waals surface area contributed by atoms with Gasteiger partial charge in [-0.3, -0.25) is 0 Å². The molecule has 3 heteroatoms. The van der Waals surface area contributed by atoms with E-state index in [-0.39, 0.29) is 0 Å². The SMILES string of the molecule is CCC(=NN)C(C)=[NH+]C. The van der Waals surface area contributed by atoms with Crippen LogP contribution in [-0.4, -0.2) is 18.5 Å². The average Bonchev–Trinajstić information content (AvgIpc) is 1.90. The Bertz CT molecular complexity index is 135. The highest BCUT2D eigenvalue weighted by Crippen LogP contribution is 1.81. The van der Waals surface area contributed by atoms with Crippen molar-refractivity contribution in [2.45, 2.75) is 20.3 Å². The van der Waals surface area contributed by atoms with Crippen LogP contribution in [0.2, 0.25) is 0 Å². The molecule has 0 aliphatic rings. The minimum Gasteiger partial charge on any atom is -0.323 e. The number of hydrogen-bond donors (Lipinski definition) is 2. The summed E-state index contributed by atoms with van der Waals surface area (Å²) < 4.78 is 0. The number of nitrogens with one attached hydrogen (secondary N) is 1. The third-order valence-corrected chi connectivity index (χ3v) is 1.30. The van der Waals surface area contributed by atoms with Crippen LogP contribution in [0.15, 0.2) is 5.10 Å². The van der Waals surface area contributed by atoms with Crippen molar-refractivity contribution in [3.63, 3.8) is 0 Å². The molecule has 0 amide bonds. The van der Waals surface area contributed by atoms with Crippen molar-refractivity contribution >= 4 is 11.4 Å². The lowest BCUT2D eigenvalue weighted by Crippen LogP contribution is -2.69. The second kappa shape index (κ2) is 4.06. The maximum Gasteiger partial charge on any atom is 0.194 e. The number of nitrogens with two attached hydrogens (primary N) is 1. The molecule has 0 aromatic heterocycles. The molecule has 0 rings (SSSR count). The number of hydrogen-bond acceptors (Lipinski definition) is 2. The van der Waals surface area contributed by atoms with Gasteiger partial charge in [0.15, 0.2) is 5.71 Å². The molecule has 0 aliphatic heterocycles. The van der Waals surface area contributed by atoms with Crippen LogP contribution >= 0.6 is 0 Å². The van der Waals surface area contributed by atoms with Gasteiger partial charge in [-0.1, -0.05) is 6.92 Å². The first-order valence-corrected chi connectivity index (χ1v) is 3.04. The molecular weight excluding hydrogens is 114 g/mol. The monoisotopic (exact) mass is 128 g/mol. The summed E-state index contributed by atoms with van der Waals surface area (Å²) in [5, 5.41) is 3.59. The van der Waals surface area contributed by atoms with E-state index in [0.717, 1.165) is 17.8 Å². The third kappa shape index (κ3) is 2.26. The van der Waals surface area contributed by atoms with Gasteiger partial charge >= 0.3 is 0 Å². The average molecular weight is 128 g/mol. The molecule has 9 heavy (non-hydrogen) atoms. The first-order chi connectivity index (χ1) is 4.26. The van der Waals surface area contributed by atoms with Crippen molar-refractivity contribution < 1.29 is 4.99 Å². The molecule has 0 fully saturated rings. The summed E-state index contributed by atoms with van der Waals surface area (Å²) in [6, 6.07) is 0. The van der Waals surface area contributed by atoms with E-state index >= 15 is 0 Å². The fourth-order valence-corrected chi connectivity index (χ4v) is 0.598. The molecule has 0 saturated carbocycles. The van der Waals surface area contributed by atoms with Gasteiger partial charge in [0, 0.05) is 6.92 Å². The smallest absolute Gasteiger partial charge is 0.194 e. The fraction of sp³-hybridized carbons (Fsp3) is 0.667. The number of hydrazone groups is 1. The van der Waals surface area contributed by atoms with Gasteiger partial charge in [-0.25, -0.2) is 4.99 Å². The van der Waals surface area contributed by atoms with E-state index in [0.29, 0.717) is 0 Å². The lowest BCUT2D eigenvalue weighted by atomic mass is 10.2. The van der Waals surface area contributed by atoms with Crippen molar-refractivity contribution in [2.24, 2.45) is 10.9 Å².